The van der Waals surface area contributed by atoms with Crippen LogP contribution in [0, 0.1) is 13.8 Å². The fraction of sp³-hybridized carbons (Fsp3) is 0.455. The van der Waals surface area contributed by atoms with Crippen molar-refractivity contribution in [2.45, 2.75) is 27.0 Å². The summed E-state index contributed by atoms with van der Waals surface area (Å²) in [6.07, 6.45) is -0.737. The minimum atomic E-state index is -0.737. The summed E-state index contributed by atoms with van der Waals surface area (Å²) in [4.78, 5) is 1.49. The molecule has 17 heavy (non-hydrogen) atoms. The van der Waals surface area contributed by atoms with Crippen molar-refractivity contribution in [3.05, 3.63) is 16.1 Å². The van der Waals surface area contributed by atoms with Gasteiger partial charge in [-0.05, 0) is 26.0 Å². The number of nitrogens with two attached hydrogens (primary N) is 1. The van der Waals surface area contributed by atoms with Gasteiger partial charge in [-0.2, -0.15) is 5.10 Å². The molecule has 2 aromatic rings. The second-order valence-electron chi connectivity index (χ2n) is 3.93. The standard InChI is InChI=1S/C11H16N4OS/c1-4-13-10(16)9-8(12)7-5(2)6(3)14-15-11(7)17-9/h10,13,16H,4,12H2,1-3H3. The molecule has 92 valence electrons. The molecular weight excluding hydrogens is 236 g/mol. The molecule has 0 radical (unpaired) electrons. The number of aryl methyl sites for hydroxylation is 2. The minimum absolute atomic E-state index is 0.606. The Morgan fingerprint density at radius 3 is 2.76 bits per heavy atom. The van der Waals surface area contributed by atoms with Gasteiger partial charge in [-0.25, -0.2) is 0 Å². The first kappa shape index (κ1) is 12.2. The highest BCUT2D eigenvalue weighted by atomic mass is 32.1. The van der Waals surface area contributed by atoms with Crippen LogP contribution >= 0.6 is 11.3 Å². The molecule has 0 aromatic carbocycles. The van der Waals surface area contributed by atoms with Gasteiger partial charge in [0.15, 0.2) is 0 Å². The predicted octanol–water partition coefficient (Wildman–Crippen LogP) is 1.49. The fourth-order valence-electron chi connectivity index (χ4n) is 1.75. The van der Waals surface area contributed by atoms with E-state index in [0.29, 0.717) is 17.1 Å². The normalized spacial score (nSPS) is 13.2. The van der Waals surface area contributed by atoms with Gasteiger partial charge < -0.3 is 10.8 Å². The Bertz CT molecular complexity index is 552. The molecule has 0 aliphatic rings. The van der Waals surface area contributed by atoms with Gasteiger partial charge in [0.1, 0.15) is 11.1 Å². The third-order valence-electron chi connectivity index (χ3n) is 2.81. The van der Waals surface area contributed by atoms with Gasteiger partial charge in [0.25, 0.3) is 0 Å². The van der Waals surface area contributed by atoms with Crippen LogP contribution in [0.4, 0.5) is 5.69 Å². The van der Waals surface area contributed by atoms with E-state index in [2.05, 4.69) is 15.5 Å². The Morgan fingerprint density at radius 1 is 1.41 bits per heavy atom. The van der Waals surface area contributed by atoms with Crippen molar-refractivity contribution in [3.63, 3.8) is 0 Å². The molecule has 0 aliphatic heterocycles. The molecule has 0 amide bonds. The van der Waals surface area contributed by atoms with Crippen molar-refractivity contribution in [1.29, 1.82) is 0 Å². The van der Waals surface area contributed by atoms with Crippen LogP contribution < -0.4 is 11.1 Å². The SMILES string of the molecule is CCNC(O)c1sc2nnc(C)c(C)c2c1N. The van der Waals surface area contributed by atoms with Gasteiger partial charge in [-0.1, -0.05) is 6.92 Å². The lowest BCUT2D eigenvalue weighted by Crippen LogP contribution is -2.19. The summed E-state index contributed by atoms with van der Waals surface area (Å²) in [5, 5.41) is 22.0. The average molecular weight is 252 g/mol. The van der Waals surface area contributed by atoms with Gasteiger partial charge >= 0.3 is 0 Å². The lowest BCUT2D eigenvalue weighted by molar-refractivity contribution is 0.146. The lowest BCUT2D eigenvalue weighted by atomic mass is 10.1. The highest BCUT2D eigenvalue weighted by Gasteiger charge is 2.19. The summed E-state index contributed by atoms with van der Waals surface area (Å²) in [5.74, 6) is 0. The summed E-state index contributed by atoms with van der Waals surface area (Å²) in [5.41, 5.74) is 8.58. The smallest absolute Gasteiger partial charge is 0.148 e. The molecule has 0 saturated carbocycles. The summed E-state index contributed by atoms with van der Waals surface area (Å²) < 4.78 is 0. The number of anilines is 1. The summed E-state index contributed by atoms with van der Waals surface area (Å²) in [7, 11) is 0. The topological polar surface area (TPSA) is 84.1 Å². The quantitative estimate of drug-likeness (QED) is 0.721. The zero-order valence-corrected chi connectivity index (χ0v) is 10.9. The van der Waals surface area contributed by atoms with E-state index in [-0.39, 0.29) is 0 Å². The van der Waals surface area contributed by atoms with Crippen molar-refractivity contribution in [1.82, 2.24) is 15.5 Å². The van der Waals surface area contributed by atoms with Gasteiger partial charge in [-0.3, -0.25) is 5.32 Å². The van der Waals surface area contributed by atoms with Crippen LogP contribution in [0.5, 0.6) is 0 Å². The number of aliphatic hydroxyl groups excluding tert-OH is 1. The number of aliphatic hydroxyl groups is 1. The van der Waals surface area contributed by atoms with E-state index in [1.807, 2.05) is 20.8 Å². The van der Waals surface area contributed by atoms with E-state index in [0.717, 1.165) is 21.5 Å². The maximum atomic E-state index is 9.93. The van der Waals surface area contributed by atoms with E-state index in [1.165, 1.54) is 11.3 Å². The van der Waals surface area contributed by atoms with Gasteiger partial charge in [0, 0.05) is 5.39 Å². The van der Waals surface area contributed by atoms with E-state index in [1.54, 1.807) is 0 Å². The number of thiophene rings is 1. The number of nitrogens with one attached hydrogen (secondary N) is 1. The predicted molar refractivity (Wildman–Crippen MR) is 69.9 cm³/mol. The second-order valence-corrected chi connectivity index (χ2v) is 4.96. The molecule has 6 heteroatoms. The first-order chi connectivity index (χ1) is 8.06. The van der Waals surface area contributed by atoms with Crippen LogP contribution in [0.15, 0.2) is 0 Å². The first-order valence-corrected chi connectivity index (χ1v) is 6.31. The molecule has 5 nitrogen and oxygen atoms in total. The Morgan fingerprint density at radius 2 is 2.12 bits per heavy atom. The molecule has 0 saturated heterocycles. The van der Waals surface area contributed by atoms with Crippen LogP contribution in [0.2, 0.25) is 0 Å². The molecule has 4 N–H and O–H groups in total. The van der Waals surface area contributed by atoms with Crippen LogP contribution in [0.1, 0.15) is 29.3 Å². The monoisotopic (exact) mass is 252 g/mol. The van der Waals surface area contributed by atoms with Crippen LogP contribution in [-0.4, -0.2) is 21.8 Å². The third kappa shape index (κ3) is 1.99. The van der Waals surface area contributed by atoms with Crippen LogP contribution in [-0.2, 0) is 0 Å². The largest absolute Gasteiger partial charge is 0.397 e. The zero-order chi connectivity index (χ0) is 12.6. The summed E-state index contributed by atoms with van der Waals surface area (Å²) >= 11 is 1.38. The minimum Gasteiger partial charge on any atom is -0.397 e. The fourth-order valence-corrected chi connectivity index (χ4v) is 2.81. The molecule has 1 unspecified atom stereocenters. The maximum absolute atomic E-state index is 9.93. The number of rotatable bonds is 3. The second kappa shape index (κ2) is 4.56. The van der Waals surface area contributed by atoms with Crippen molar-refractivity contribution >= 4 is 27.2 Å². The van der Waals surface area contributed by atoms with Crippen molar-refractivity contribution < 1.29 is 5.11 Å². The zero-order valence-electron chi connectivity index (χ0n) is 10.1. The van der Waals surface area contributed by atoms with Gasteiger partial charge in [0.2, 0.25) is 0 Å². The number of hydrogen-bond acceptors (Lipinski definition) is 6. The van der Waals surface area contributed by atoms with Crippen molar-refractivity contribution in [3.8, 4) is 0 Å². The van der Waals surface area contributed by atoms with E-state index >= 15 is 0 Å². The van der Waals surface area contributed by atoms with E-state index < -0.39 is 6.23 Å². The molecule has 0 fully saturated rings. The first-order valence-electron chi connectivity index (χ1n) is 5.49. The number of nitrogen functional groups attached to an aromatic ring is 1. The molecule has 0 aliphatic carbocycles. The van der Waals surface area contributed by atoms with Crippen LogP contribution in [0.3, 0.4) is 0 Å². The lowest BCUT2D eigenvalue weighted by Gasteiger charge is -2.09. The Hall–Kier alpha value is -1.24. The average Bonchev–Trinajstić information content (AvgIpc) is 2.62. The number of aromatic nitrogens is 2. The molecule has 2 rings (SSSR count). The molecule has 0 spiro atoms. The van der Waals surface area contributed by atoms with Gasteiger partial charge in [-0.15, -0.1) is 16.4 Å². The summed E-state index contributed by atoms with van der Waals surface area (Å²) in [6, 6.07) is 0. The Labute approximate surface area is 104 Å². The highest BCUT2D eigenvalue weighted by molar-refractivity contribution is 7.19. The van der Waals surface area contributed by atoms with Crippen molar-refractivity contribution in [2.75, 3.05) is 12.3 Å². The number of nitrogens with zero attached hydrogens (tertiary/aromatic N) is 2. The van der Waals surface area contributed by atoms with Gasteiger partial charge in [0.05, 0.1) is 16.3 Å². The summed E-state index contributed by atoms with van der Waals surface area (Å²) in [6.45, 7) is 6.48. The van der Waals surface area contributed by atoms with E-state index in [4.69, 9.17) is 5.73 Å². The molecule has 2 aromatic heterocycles. The number of hydrogen-bond donors (Lipinski definition) is 3. The number of fused-ring (bicyclic) bond motifs is 1. The maximum Gasteiger partial charge on any atom is 0.148 e. The van der Waals surface area contributed by atoms with E-state index in [9.17, 15) is 5.11 Å². The molecule has 2 heterocycles. The third-order valence-corrected chi connectivity index (χ3v) is 3.95. The van der Waals surface area contributed by atoms with Crippen molar-refractivity contribution in [2.24, 2.45) is 0 Å². The molecular formula is C11H16N4OS. The molecule has 1 atom stereocenters. The highest BCUT2D eigenvalue weighted by Crippen LogP contribution is 2.37. The Kier molecular flexibility index (Phi) is 3.28. The molecule has 0 bridgehead atoms. The Balaban J connectivity index is 2.61. The van der Waals surface area contributed by atoms with Crippen LogP contribution in [0.25, 0.3) is 10.2 Å².